The number of amides is 3. The minimum absolute atomic E-state index is 0.322. The molecule has 2 aromatic carbocycles. The fraction of sp³-hybridized carbons (Fsp3) is 0.318. The van der Waals surface area contributed by atoms with Crippen molar-refractivity contribution in [3.05, 3.63) is 53.6 Å². The summed E-state index contributed by atoms with van der Waals surface area (Å²) < 4.78 is 0. The maximum atomic E-state index is 12.9. The number of anilines is 1. The molecule has 8 heteroatoms. The molecule has 1 heterocycles. The van der Waals surface area contributed by atoms with E-state index < -0.39 is 23.3 Å². The van der Waals surface area contributed by atoms with Gasteiger partial charge in [0, 0.05) is 38.9 Å². The van der Waals surface area contributed by atoms with Crippen LogP contribution in [0, 0.1) is 0 Å². The Morgan fingerprint density at radius 3 is 2.30 bits per heavy atom. The number of rotatable bonds is 5. The van der Waals surface area contributed by atoms with Gasteiger partial charge in [0.1, 0.15) is 0 Å². The lowest BCUT2D eigenvalue weighted by molar-refractivity contribution is -0.148. The van der Waals surface area contributed by atoms with Crippen LogP contribution in [0.3, 0.4) is 0 Å². The van der Waals surface area contributed by atoms with Gasteiger partial charge in [-0.05, 0) is 54.3 Å². The number of hydrogen-bond donors (Lipinski definition) is 3. The zero-order valence-electron chi connectivity index (χ0n) is 17.5. The summed E-state index contributed by atoms with van der Waals surface area (Å²) in [6, 6.07) is 13.3. The standard InChI is InChI=1S/C22H26N4O4/c1-22(20(28)23-2,21(29)24-30)26(4)19(27)15-7-5-14(6-8-15)16-9-10-18-17(13-16)11-12-25(18)3/h5-10,13,30H,11-12H2,1-4H3,(H,23,28)(H,24,29)/t22-/m0/s1. The molecular weight excluding hydrogens is 384 g/mol. The zero-order chi connectivity index (χ0) is 22.1. The van der Waals surface area contributed by atoms with Gasteiger partial charge >= 0.3 is 0 Å². The highest BCUT2D eigenvalue weighted by atomic mass is 16.5. The van der Waals surface area contributed by atoms with Gasteiger partial charge in [0.05, 0.1) is 0 Å². The van der Waals surface area contributed by atoms with Gasteiger partial charge in [0.15, 0.2) is 5.54 Å². The Morgan fingerprint density at radius 1 is 1.07 bits per heavy atom. The average molecular weight is 410 g/mol. The lowest BCUT2D eigenvalue weighted by atomic mass is 9.96. The Hall–Kier alpha value is -3.39. The highest BCUT2D eigenvalue weighted by molar-refractivity contribution is 6.12. The Kier molecular flexibility index (Phi) is 5.80. The SMILES string of the molecule is CNC(=O)[C@@](C)(C(=O)NO)N(C)C(=O)c1ccc(-c2ccc3c(c2)CCN3C)cc1. The molecule has 0 fully saturated rings. The Labute approximate surface area is 175 Å². The third kappa shape index (κ3) is 3.50. The van der Waals surface area contributed by atoms with Gasteiger partial charge in [-0.3, -0.25) is 19.6 Å². The normalized spacial score (nSPS) is 14.5. The second-order valence-electron chi connectivity index (χ2n) is 7.55. The first-order valence-corrected chi connectivity index (χ1v) is 9.63. The topological polar surface area (TPSA) is 102 Å². The highest BCUT2D eigenvalue weighted by Gasteiger charge is 2.47. The van der Waals surface area contributed by atoms with Crippen LogP contribution in [0.25, 0.3) is 11.1 Å². The maximum Gasteiger partial charge on any atom is 0.278 e. The van der Waals surface area contributed by atoms with Gasteiger partial charge in [-0.2, -0.15) is 0 Å². The number of benzene rings is 2. The molecule has 0 unspecified atom stereocenters. The fourth-order valence-corrected chi connectivity index (χ4v) is 3.71. The predicted molar refractivity (Wildman–Crippen MR) is 113 cm³/mol. The number of hydroxylamine groups is 1. The quantitative estimate of drug-likeness (QED) is 0.393. The molecule has 2 aromatic rings. The van der Waals surface area contributed by atoms with Crippen molar-refractivity contribution in [3.63, 3.8) is 0 Å². The summed E-state index contributed by atoms with van der Waals surface area (Å²) in [6.45, 7) is 2.27. The van der Waals surface area contributed by atoms with E-state index in [0.717, 1.165) is 29.0 Å². The number of carbonyl (C=O) groups excluding carboxylic acids is 3. The van der Waals surface area contributed by atoms with Crippen molar-refractivity contribution in [1.29, 1.82) is 0 Å². The largest absolute Gasteiger partial charge is 0.374 e. The fourth-order valence-electron chi connectivity index (χ4n) is 3.71. The molecule has 158 valence electrons. The summed E-state index contributed by atoms with van der Waals surface area (Å²) in [7, 11) is 4.77. The summed E-state index contributed by atoms with van der Waals surface area (Å²) >= 11 is 0. The van der Waals surface area contributed by atoms with E-state index in [0.29, 0.717) is 5.56 Å². The number of nitrogens with one attached hydrogen (secondary N) is 2. The lowest BCUT2D eigenvalue weighted by Crippen LogP contribution is -2.64. The molecule has 1 atom stereocenters. The van der Waals surface area contributed by atoms with Crippen LogP contribution in [0.2, 0.25) is 0 Å². The molecule has 0 radical (unpaired) electrons. The van der Waals surface area contributed by atoms with Gasteiger partial charge in [0.2, 0.25) is 0 Å². The molecule has 0 bridgehead atoms. The third-order valence-electron chi connectivity index (χ3n) is 5.86. The Balaban J connectivity index is 1.86. The van der Waals surface area contributed by atoms with Crippen LogP contribution in [0.15, 0.2) is 42.5 Å². The maximum absolute atomic E-state index is 12.9. The van der Waals surface area contributed by atoms with Crippen LogP contribution >= 0.6 is 0 Å². The Morgan fingerprint density at radius 2 is 1.70 bits per heavy atom. The summed E-state index contributed by atoms with van der Waals surface area (Å²) in [5, 5.41) is 11.4. The summed E-state index contributed by atoms with van der Waals surface area (Å²) in [4.78, 5) is 40.6. The molecule has 30 heavy (non-hydrogen) atoms. The lowest BCUT2D eigenvalue weighted by Gasteiger charge is -2.34. The van der Waals surface area contributed by atoms with Crippen molar-refractivity contribution < 1.29 is 19.6 Å². The molecule has 1 aliphatic rings. The molecule has 3 N–H and O–H groups in total. The number of carbonyl (C=O) groups is 3. The molecule has 3 amide bonds. The summed E-state index contributed by atoms with van der Waals surface area (Å²) in [5.74, 6) is -2.24. The minimum atomic E-state index is -1.91. The first-order chi connectivity index (χ1) is 14.2. The van der Waals surface area contributed by atoms with Crippen LogP contribution in [0.4, 0.5) is 5.69 Å². The molecule has 0 aromatic heterocycles. The van der Waals surface area contributed by atoms with Crippen molar-refractivity contribution in [2.75, 3.05) is 32.6 Å². The van der Waals surface area contributed by atoms with E-state index in [1.165, 1.54) is 37.8 Å². The first-order valence-electron chi connectivity index (χ1n) is 9.63. The number of likely N-dealkylation sites (N-methyl/N-ethyl adjacent to an activating group) is 3. The molecule has 0 aliphatic carbocycles. The second-order valence-corrected chi connectivity index (χ2v) is 7.55. The van der Waals surface area contributed by atoms with E-state index in [9.17, 15) is 14.4 Å². The average Bonchev–Trinajstić information content (AvgIpc) is 3.16. The number of hydrogen-bond acceptors (Lipinski definition) is 5. The van der Waals surface area contributed by atoms with E-state index in [4.69, 9.17) is 5.21 Å². The van der Waals surface area contributed by atoms with E-state index in [1.807, 2.05) is 12.1 Å². The minimum Gasteiger partial charge on any atom is -0.374 e. The molecule has 0 spiro atoms. The Bertz CT molecular complexity index is 971. The van der Waals surface area contributed by atoms with Crippen LogP contribution < -0.4 is 15.7 Å². The first kappa shape index (κ1) is 21.3. The second kappa shape index (κ2) is 8.16. The highest BCUT2D eigenvalue weighted by Crippen LogP contribution is 2.31. The number of nitrogens with zero attached hydrogens (tertiary/aromatic N) is 2. The van der Waals surface area contributed by atoms with Crippen molar-refractivity contribution in [2.45, 2.75) is 18.9 Å². The van der Waals surface area contributed by atoms with Crippen molar-refractivity contribution >= 4 is 23.4 Å². The monoisotopic (exact) mass is 410 g/mol. The summed E-state index contributed by atoms with van der Waals surface area (Å²) in [5.41, 5.74) is 4.44. The molecular formula is C22H26N4O4. The smallest absolute Gasteiger partial charge is 0.278 e. The van der Waals surface area contributed by atoms with Crippen LogP contribution in [-0.2, 0) is 16.0 Å². The van der Waals surface area contributed by atoms with Gasteiger partial charge in [-0.25, -0.2) is 5.48 Å². The molecule has 3 rings (SSSR count). The van der Waals surface area contributed by atoms with Gasteiger partial charge in [-0.1, -0.05) is 18.2 Å². The van der Waals surface area contributed by atoms with Crippen LogP contribution in [-0.4, -0.2) is 61.1 Å². The van der Waals surface area contributed by atoms with Crippen molar-refractivity contribution in [1.82, 2.24) is 15.7 Å². The van der Waals surface area contributed by atoms with Crippen molar-refractivity contribution in [3.8, 4) is 11.1 Å². The van der Waals surface area contributed by atoms with Gasteiger partial charge < -0.3 is 15.1 Å². The van der Waals surface area contributed by atoms with Crippen molar-refractivity contribution in [2.24, 2.45) is 0 Å². The molecule has 0 saturated carbocycles. The molecule has 0 saturated heterocycles. The van der Waals surface area contributed by atoms with Crippen LogP contribution in [0.5, 0.6) is 0 Å². The predicted octanol–water partition coefficient (Wildman–Crippen LogP) is 1.43. The van der Waals surface area contributed by atoms with E-state index in [-0.39, 0.29) is 0 Å². The molecule has 1 aliphatic heterocycles. The number of fused-ring (bicyclic) bond motifs is 1. The zero-order valence-corrected chi connectivity index (χ0v) is 17.5. The van der Waals surface area contributed by atoms with Gasteiger partial charge in [-0.15, -0.1) is 0 Å². The summed E-state index contributed by atoms with van der Waals surface area (Å²) in [6.07, 6.45) is 1.01. The molecule has 8 nitrogen and oxygen atoms in total. The van der Waals surface area contributed by atoms with Gasteiger partial charge in [0.25, 0.3) is 17.7 Å². The van der Waals surface area contributed by atoms with E-state index in [2.05, 4.69) is 35.5 Å². The van der Waals surface area contributed by atoms with E-state index >= 15 is 0 Å². The van der Waals surface area contributed by atoms with E-state index in [1.54, 1.807) is 12.1 Å². The third-order valence-corrected chi connectivity index (χ3v) is 5.86. The van der Waals surface area contributed by atoms with Crippen LogP contribution in [0.1, 0.15) is 22.8 Å².